The molecule has 3 nitrogen and oxygen atoms in total. The number of halogens is 2. The Morgan fingerprint density at radius 1 is 1.22 bits per heavy atom. The second-order valence-electron chi connectivity index (χ2n) is 3.89. The lowest BCUT2D eigenvalue weighted by Crippen LogP contribution is -1.97. The Balaban J connectivity index is 2.61. The van der Waals surface area contributed by atoms with Crippen molar-refractivity contribution in [1.29, 1.82) is 0 Å². The maximum Gasteiger partial charge on any atom is 0.162 e. The molecule has 0 aliphatic rings. The lowest BCUT2D eigenvalue weighted by atomic mass is 10.2. The van der Waals surface area contributed by atoms with Gasteiger partial charge in [0.25, 0.3) is 0 Å². The summed E-state index contributed by atoms with van der Waals surface area (Å²) >= 11 is 9.58. The summed E-state index contributed by atoms with van der Waals surface area (Å²) in [6, 6.07) is 5.65. The number of aryl methyl sites for hydroxylation is 1. The van der Waals surface area contributed by atoms with Crippen LogP contribution < -0.4 is 4.74 Å². The molecule has 0 amide bonds. The second kappa shape index (κ2) is 5.24. The van der Waals surface area contributed by atoms with Crippen molar-refractivity contribution in [3.05, 3.63) is 39.1 Å². The molecule has 1 heterocycles. The molecule has 0 aliphatic carbocycles. The molecule has 0 unspecified atom stereocenters. The third kappa shape index (κ3) is 2.49. The standard InChI is InChI=1S/C13H12BrClN2O/c1-7-8(2)16-13(17-12(7)15)10-6-9(18-3)4-5-11(10)14/h4-6H,1-3H3. The van der Waals surface area contributed by atoms with Gasteiger partial charge < -0.3 is 4.74 Å². The van der Waals surface area contributed by atoms with Gasteiger partial charge in [-0.3, -0.25) is 0 Å². The molecule has 0 N–H and O–H groups in total. The number of nitrogens with zero attached hydrogens (tertiary/aromatic N) is 2. The lowest BCUT2D eigenvalue weighted by molar-refractivity contribution is 0.415. The maximum atomic E-state index is 6.10. The molecule has 5 heteroatoms. The van der Waals surface area contributed by atoms with Crippen molar-refractivity contribution in [3.8, 4) is 17.1 Å². The summed E-state index contributed by atoms with van der Waals surface area (Å²) in [6.07, 6.45) is 0. The summed E-state index contributed by atoms with van der Waals surface area (Å²) in [5.74, 6) is 1.35. The van der Waals surface area contributed by atoms with Crippen LogP contribution in [0.4, 0.5) is 0 Å². The van der Waals surface area contributed by atoms with E-state index in [-0.39, 0.29) is 0 Å². The van der Waals surface area contributed by atoms with E-state index in [0.29, 0.717) is 11.0 Å². The van der Waals surface area contributed by atoms with Crippen LogP contribution in [-0.4, -0.2) is 17.1 Å². The average Bonchev–Trinajstić information content (AvgIpc) is 2.36. The van der Waals surface area contributed by atoms with E-state index in [2.05, 4.69) is 25.9 Å². The predicted molar refractivity (Wildman–Crippen MR) is 76.2 cm³/mol. The Morgan fingerprint density at radius 2 is 1.94 bits per heavy atom. The zero-order chi connectivity index (χ0) is 13.3. The van der Waals surface area contributed by atoms with Crippen LogP contribution in [0.15, 0.2) is 22.7 Å². The third-order valence-corrected chi connectivity index (χ3v) is 3.80. The fraction of sp³-hybridized carbons (Fsp3) is 0.231. The fourth-order valence-electron chi connectivity index (χ4n) is 1.52. The van der Waals surface area contributed by atoms with Gasteiger partial charge in [0, 0.05) is 21.3 Å². The van der Waals surface area contributed by atoms with E-state index >= 15 is 0 Å². The number of rotatable bonds is 2. The predicted octanol–water partition coefficient (Wildman–Crippen LogP) is 4.18. The fourth-order valence-corrected chi connectivity index (χ4v) is 2.16. The Kier molecular flexibility index (Phi) is 3.88. The van der Waals surface area contributed by atoms with E-state index in [1.807, 2.05) is 32.0 Å². The molecule has 0 radical (unpaired) electrons. The number of methoxy groups -OCH3 is 1. The molecule has 0 saturated heterocycles. The van der Waals surface area contributed by atoms with Crippen LogP contribution in [0.1, 0.15) is 11.3 Å². The maximum absolute atomic E-state index is 6.10. The summed E-state index contributed by atoms with van der Waals surface area (Å²) in [5, 5.41) is 0.479. The SMILES string of the molecule is COc1ccc(Br)c(-c2nc(C)c(C)c(Cl)n2)c1. The smallest absolute Gasteiger partial charge is 0.162 e. The van der Waals surface area contributed by atoms with Crippen LogP contribution in [-0.2, 0) is 0 Å². The van der Waals surface area contributed by atoms with Crippen LogP contribution in [0, 0.1) is 13.8 Å². The van der Waals surface area contributed by atoms with Gasteiger partial charge >= 0.3 is 0 Å². The molecule has 2 rings (SSSR count). The highest BCUT2D eigenvalue weighted by molar-refractivity contribution is 9.10. The molecule has 2 aromatic rings. The summed E-state index contributed by atoms with van der Waals surface area (Å²) in [5.41, 5.74) is 2.64. The van der Waals surface area contributed by atoms with Crippen molar-refractivity contribution < 1.29 is 4.74 Å². The van der Waals surface area contributed by atoms with E-state index in [1.165, 1.54) is 0 Å². The van der Waals surface area contributed by atoms with Crippen molar-refractivity contribution in [2.75, 3.05) is 7.11 Å². The van der Waals surface area contributed by atoms with E-state index in [9.17, 15) is 0 Å². The van der Waals surface area contributed by atoms with Crippen LogP contribution in [0.3, 0.4) is 0 Å². The highest BCUT2D eigenvalue weighted by atomic mass is 79.9. The van der Waals surface area contributed by atoms with Crippen molar-refractivity contribution in [1.82, 2.24) is 9.97 Å². The molecule has 18 heavy (non-hydrogen) atoms. The topological polar surface area (TPSA) is 35.0 Å². The molecular formula is C13H12BrClN2O. The Morgan fingerprint density at radius 3 is 2.56 bits per heavy atom. The largest absolute Gasteiger partial charge is 0.497 e. The first-order chi connectivity index (χ1) is 8.52. The first kappa shape index (κ1) is 13.3. The Labute approximate surface area is 119 Å². The molecule has 0 bridgehead atoms. The molecule has 1 aromatic heterocycles. The zero-order valence-electron chi connectivity index (χ0n) is 10.3. The van der Waals surface area contributed by atoms with Crippen molar-refractivity contribution in [2.45, 2.75) is 13.8 Å². The van der Waals surface area contributed by atoms with E-state index in [1.54, 1.807) is 7.11 Å². The number of aromatic nitrogens is 2. The van der Waals surface area contributed by atoms with Gasteiger partial charge in [-0.05, 0) is 32.0 Å². The minimum atomic E-state index is 0.479. The Hall–Kier alpha value is -1.13. The molecule has 94 valence electrons. The average molecular weight is 328 g/mol. The molecule has 0 spiro atoms. The van der Waals surface area contributed by atoms with Gasteiger partial charge in [-0.25, -0.2) is 9.97 Å². The van der Waals surface area contributed by atoms with Gasteiger partial charge in [0.05, 0.1) is 7.11 Å². The Bertz CT molecular complexity index is 579. The van der Waals surface area contributed by atoms with Crippen molar-refractivity contribution >= 4 is 27.5 Å². The summed E-state index contributed by atoms with van der Waals surface area (Å²) in [6.45, 7) is 3.82. The highest BCUT2D eigenvalue weighted by Crippen LogP contribution is 2.31. The zero-order valence-corrected chi connectivity index (χ0v) is 12.6. The summed E-state index contributed by atoms with van der Waals surface area (Å²) in [4.78, 5) is 8.77. The van der Waals surface area contributed by atoms with Crippen molar-refractivity contribution in [2.24, 2.45) is 0 Å². The number of benzene rings is 1. The molecule has 0 fully saturated rings. The number of hydrogen-bond acceptors (Lipinski definition) is 3. The molecule has 0 saturated carbocycles. The van der Waals surface area contributed by atoms with Gasteiger partial charge in [0.1, 0.15) is 10.9 Å². The minimum Gasteiger partial charge on any atom is -0.497 e. The number of ether oxygens (including phenoxy) is 1. The second-order valence-corrected chi connectivity index (χ2v) is 5.11. The van der Waals surface area contributed by atoms with Gasteiger partial charge in [0.2, 0.25) is 0 Å². The normalized spacial score (nSPS) is 10.5. The van der Waals surface area contributed by atoms with Crippen LogP contribution >= 0.6 is 27.5 Å². The van der Waals surface area contributed by atoms with E-state index in [4.69, 9.17) is 16.3 Å². The van der Waals surface area contributed by atoms with Crippen molar-refractivity contribution in [3.63, 3.8) is 0 Å². The summed E-state index contributed by atoms with van der Waals surface area (Å²) < 4.78 is 6.11. The van der Waals surface area contributed by atoms with E-state index < -0.39 is 0 Å². The summed E-state index contributed by atoms with van der Waals surface area (Å²) in [7, 11) is 1.63. The lowest BCUT2D eigenvalue weighted by Gasteiger charge is -2.09. The molecule has 0 aliphatic heterocycles. The third-order valence-electron chi connectivity index (χ3n) is 2.74. The molecule has 1 aromatic carbocycles. The monoisotopic (exact) mass is 326 g/mol. The number of hydrogen-bond donors (Lipinski definition) is 0. The van der Waals surface area contributed by atoms with Gasteiger partial charge in [-0.15, -0.1) is 0 Å². The molecular weight excluding hydrogens is 316 g/mol. The van der Waals surface area contributed by atoms with Crippen LogP contribution in [0.2, 0.25) is 5.15 Å². The quantitative estimate of drug-likeness (QED) is 0.776. The van der Waals surface area contributed by atoms with Gasteiger partial charge in [0.15, 0.2) is 5.82 Å². The van der Waals surface area contributed by atoms with E-state index in [0.717, 1.165) is 27.0 Å². The van der Waals surface area contributed by atoms with Crippen LogP contribution in [0.25, 0.3) is 11.4 Å². The van der Waals surface area contributed by atoms with Gasteiger partial charge in [-0.2, -0.15) is 0 Å². The minimum absolute atomic E-state index is 0.479. The van der Waals surface area contributed by atoms with Crippen LogP contribution in [0.5, 0.6) is 5.75 Å². The molecule has 0 atom stereocenters. The first-order valence-electron chi connectivity index (χ1n) is 5.37. The first-order valence-corrected chi connectivity index (χ1v) is 6.54. The van der Waals surface area contributed by atoms with Gasteiger partial charge in [-0.1, -0.05) is 27.5 Å². The highest BCUT2D eigenvalue weighted by Gasteiger charge is 2.11.